The number of carbonyl (C=O) groups is 1. The van der Waals surface area contributed by atoms with Crippen LogP contribution in [-0.2, 0) is 17.9 Å². The van der Waals surface area contributed by atoms with E-state index in [0.29, 0.717) is 6.54 Å². The number of amides is 1. The van der Waals surface area contributed by atoms with Gasteiger partial charge in [-0.05, 0) is 44.6 Å². The van der Waals surface area contributed by atoms with Crippen molar-refractivity contribution < 1.29 is 4.79 Å². The van der Waals surface area contributed by atoms with Gasteiger partial charge in [-0.3, -0.25) is 4.79 Å². The SMILES string of the molecule is CCC1(C(=O)NCc2ccccc2CN(C)C)CCNC1. The molecule has 116 valence electrons. The molecule has 1 aromatic carbocycles. The predicted octanol–water partition coefficient (Wildman–Crippen LogP) is 1.75. The minimum Gasteiger partial charge on any atom is -0.351 e. The van der Waals surface area contributed by atoms with Crippen LogP contribution in [0.2, 0.25) is 0 Å². The Balaban J connectivity index is 2.01. The molecule has 21 heavy (non-hydrogen) atoms. The summed E-state index contributed by atoms with van der Waals surface area (Å²) in [6.45, 7) is 5.36. The van der Waals surface area contributed by atoms with Crippen molar-refractivity contribution in [2.75, 3.05) is 27.2 Å². The average Bonchev–Trinajstić information content (AvgIpc) is 2.95. The Morgan fingerprint density at radius 1 is 1.33 bits per heavy atom. The third kappa shape index (κ3) is 3.83. The summed E-state index contributed by atoms with van der Waals surface area (Å²) in [6, 6.07) is 8.32. The zero-order chi connectivity index (χ0) is 15.3. The van der Waals surface area contributed by atoms with Crippen molar-refractivity contribution in [2.45, 2.75) is 32.9 Å². The number of hydrogen-bond acceptors (Lipinski definition) is 3. The molecular formula is C17H27N3O. The molecule has 0 radical (unpaired) electrons. The predicted molar refractivity (Wildman–Crippen MR) is 85.9 cm³/mol. The summed E-state index contributed by atoms with van der Waals surface area (Å²) in [6.07, 6.45) is 1.83. The molecule has 0 spiro atoms. The Labute approximate surface area is 127 Å². The lowest BCUT2D eigenvalue weighted by molar-refractivity contribution is -0.130. The van der Waals surface area contributed by atoms with E-state index < -0.39 is 0 Å². The minimum atomic E-state index is -0.212. The van der Waals surface area contributed by atoms with Gasteiger partial charge in [-0.15, -0.1) is 0 Å². The van der Waals surface area contributed by atoms with Crippen molar-refractivity contribution in [1.82, 2.24) is 15.5 Å². The first kappa shape index (κ1) is 16.0. The van der Waals surface area contributed by atoms with Gasteiger partial charge in [0.1, 0.15) is 0 Å². The lowest BCUT2D eigenvalue weighted by Gasteiger charge is -2.25. The van der Waals surface area contributed by atoms with Crippen LogP contribution in [0.25, 0.3) is 0 Å². The summed E-state index contributed by atoms with van der Waals surface area (Å²) < 4.78 is 0. The Kier molecular flexibility index (Phi) is 5.37. The molecule has 1 aliphatic rings. The monoisotopic (exact) mass is 289 g/mol. The van der Waals surface area contributed by atoms with Crippen LogP contribution in [0.15, 0.2) is 24.3 Å². The van der Waals surface area contributed by atoms with E-state index in [9.17, 15) is 4.79 Å². The molecule has 0 aromatic heterocycles. The van der Waals surface area contributed by atoms with Crippen LogP contribution in [0.3, 0.4) is 0 Å². The molecule has 1 fully saturated rings. The van der Waals surface area contributed by atoms with Gasteiger partial charge in [-0.2, -0.15) is 0 Å². The number of benzene rings is 1. The number of nitrogens with zero attached hydrogens (tertiary/aromatic N) is 1. The molecular weight excluding hydrogens is 262 g/mol. The number of rotatable bonds is 6. The lowest BCUT2D eigenvalue weighted by Crippen LogP contribution is -2.42. The van der Waals surface area contributed by atoms with Gasteiger partial charge in [-0.25, -0.2) is 0 Å². The zero-order valence-electron chi connectivity index (χ0n) is 13.4. The second-order valence-corrected chi connectivity index (χ2v) is 6.25. The number of carbonyl (C=O) groups excluding carboxylic acids is 1. The normalized spacial score (nSPS) is 21.7. The van der Waals surface area contributed by atoms with Crippen molar-refractivity contribution in [3.63, 3.8) is 0 Å². The molecule has 1 saturated heterocycles. The van der Waals surface area contributed by atoms with Crippen LogP contribution in [-0.4, -0.2) is 38.0 Å². The molecule has 1 aliphatic heterocycles. The van der Waals surface area contributed by atoms with E-state index in [2.05, 4.69) is 54.8 Å². The Morgan fingerprint density at radius 2 is 2.05 bits per heavy atom. The van der Waals surface area contributed by atoms with Gasteiger partial charge < -0.3 is 15.5 Å². The van der Waals surface area contributed by atoms with Gasteiger partial charge in [0.05, 0.1) is 5.41 Å². The van der Waals surface area contributed by atoms with Crippen molar-refractivity contribution >= 4 is 5.91 Å². The van der Waals surface area contributed by atoms with Gasteiger partial charge in [0.2, 0.25) is 5.91 Å². The van der Waals surface area contributed by atoms with Crippen LogP contribution in [0, 0.1) is 5.41 Å². The molecule has 2 rings (SSSR count). The first-order chi connectivity index (χ1) is 10.1. The van der Waals surface area contributed by atoms with Crippen molar-refractivity contribution in [2.24, 2.45) is 5.41 Å². The molecule has 4 heteroatoms. The highest BCUT2D eigenvalue weighted by molar-refractivity contribution is 5.83. The van der Waals surface area contributed by atoms with Gasteiger partial charge in [0.25, 0.3) is 0 Å². The minimum absolute atomic E-state index is 0.189. The van der Waals surface area contributed by atoms with E-state index in [1.54, 1.807) is 0 Å². The summed E-state index contributed by atoms with van der Waals surface area (Å²) in [4.78, 5) is 14.7. The van der Waals surface area contributed by atoms with Crippen molar-refractivity contribution in [3.05, 3.63) is 35.4 Å². The molecule has 1 aromatic rings. The highest BCUT2D eigenvalue weighted by atomic mass is 16.2. The van der Waals surface area contributed by atoms with Gasteiger partial charge in [-0.1, -0.05) is 31.2 Å². The Morgan fingerprint density at radius 3 is 2.62 bits per heavy atom. The van der Waals surface area contributed by atoms with Crippen LogP contribution >= 0.6 is 0 Å². The zero-order valence-corrected chi connectivity index (χ0v) is 13.4. The van der Waals surface area contributed by atoms with Crippen molar-refractivity contribution in [3.8, 4) is 0 Å². The van der Waals surface area contributed by atoms with Crippen LogP contribution in [0.1, 0.15) is 30.9 Å². The fourth-order valence-electron chi connectivity index (χ4n) is 2.99. The second kappa shape index (κ2) is 7.05. The maximum atomic E-state index is 12.5. The van der Waals surface area contributed by atoms with Crippen LogP contribution in [0.5, 0.6) is 0 Å². The van der Waals surface area contributed by atoms with Crippen molar-refractivity contribution in [1.29, 1.82) is 0 Å². The largest absolute Gasteiger partial charge is 0.351 e. The summed E-state index contributed by atoms with van der Waals surface area (Å²) in [5.74, 6) is 0.189. The van der Waals surface area contributed by atoms with Crippen LogP contribution in [0.4, 0.5) is 0 Å². The fourth-order valence-corrected chi connectivity index (χ4v) is 2.99. The van der Waals surface area contributed by atoms with Crippen LogP contribution < -0.4 is 10.6 Å². The molecule has 2 N–H and O–H groups in total. The maximum absolute atomic E-state index is 12.5. The fraction of sp³-hybridized carbons (Fsp3) is 0.588. The third-order valence-electron chi connectivity index (χ3n) is 4.45. The summed E-state index contributed by atoms with van der Waals surface area (Å²) in [5.41, 5.74) is 2.27. The van der Waals surface area contributed by atoms with E-state index in [-0.39, 0.29) is 11.3 Å². The highest BCUT2D eigenvalue weighted by Crippen LogP contribution is 2.29. The highest BCUT2D eigenvalue weighted by Gasteiger charge is 2.39. The summed E-state index contributed by atoms with van der Waals surface area (Å²) in [7, 11) is 4.12. The van der Waals surface area contributed by atoms with E-state index in [4.69, 9.17) is 0 Å². The first-order valence-electron chi connectivity index (χ1n) is 7.78. The quantitative estimate of drug-likeness (QED) is 0.838. The molecule has 1 heterocycles. The van der Waals surface area contributed by atoms with E-state index in [1.165, 1.54) is 11.1 Å². The Hall–Kier alpha value is -1.39. The standard InChI is InChI=1S/C17H27N3O/c1-4-17(9-10-18-13-17)16(21)19-11-14-7-5-6-8-15(14)12-20(2)3/h5-8,18H,4,9-13H2,1-3H3,(H,19,21). The molecule has 0 aliphatic carbocycles. The topological polar surface area (TPSA) is 44.4 Å². The molecule has 4 nitrogen and oxygen atoms in total. The smallest absolute Gasteiger partial charge is 0.227 e. The molecule has 1 amide bonds. The molecule has 0 saturated carbocycles. The lowest BCUT2D eigenvalue weighted by atomic mass is 9.83. The third-order valence-corrected chi connectivity index (χ3v) is 4.45. The van der Waals surface area contributed by atoms with Gasteiger partial charge in [0.15, 0.2) is 0 Å². The second-order valence-electron chi connectivity index (χ2n) is 6.25. The number of hydrogen-bond donors (Lipinski definition) is 2. The Bertz CT molecular complexity index is 479. The summed E-state index contributed by atoms with van der Waals surface area (Å²) in [5, 5.41) is 6.46. The van der Waals surface area contributed by atoms with E-state index >= 15 is 0 Å². The van der Waals surface area contributed by atoms with Gasteiger partial charge >= 0.3 is 0 Å². The maximum Gasteiger partial charge on any atom is 0.227 e. The molecule has 1 unspecified atom stereocenters. The average molecular weight is 289 g/mol. The number of nitrogens with one attached hydrogen (secondary N) is 2. The van der Waals surface area contributed by atoms with E-state index in [0.717, 1.165) is 32.5 Å². The molecule has 0 bridgehead atoms. The van der Waals surface area contributed by atoms with E-state index in [1.807, 2.05) is 6.07 Å². The van der Waals surface area contributed by atoms with Gasteiger partial charge in [0, 0.05) is 19.6 Å². The summed E-state index contributed by atoms with van der Waals surface area (Å²) >= 11 is 0. The first-order valence-corrected chi connectivity index (χ1v) is 7.78. The molecule has 1 atom stereocenters.